The third kappa shape index (κ3) is 41.3. The number of carbonyl (C=O) groups is 2. The van der Waals surface area contributed by atoms with Gasteiger partial charge < -0.3 is 29.7 Å². The molecule has 12 heteroatoms. The Morgan fingerprint density at radius 1 is 0.583 bits per heavy atom. The van der Waals surface area contributed by atoms with Gasteiger partial charge in [0.15, 0.2) is 6.10 Å². The van der Waals surface area contributed by atoms with Crippen LogP contribution in [0.5, 0.6) is 0 Å². The van der Waals surface area contributed by atoms with Gasteiger partial charge in [-0.05, 0) is 89.9 Å². The number of hydrogen-bond donors (Lipinski definition) is 4. The Balaban J connectivity index is 4.57. The Hall–Kier alpha value is -3.41. The van der Waals surface area contributed by atoms with Crippen molar-refractivity contribution in [2.45, 2.75) is 154 Å². The maximum Gasteiger partial charge on any atom is 0.472 e. The van der Waals surface area contributed by atoms with E-state index in [1.54, 1.807) is 12.2 Å². The molecule has 0 amide bonds. The van der Waals surface area contributed by atoms with Crippen LogP contribution in [0.25, 0.3) is 0 Å². The van der Waals surface area contributed by atoms with E-state index in [2.05, 4.69) is 103 Å². The summed E-state index contributed by atoms with van der Waals surface area (Å²) in [5, 5.41) is 28.6. The normalized spacial score (nSPS) is 15.4. The van der Waals surface area contributed by atoms with Gasteiger partial charge in [0.25, 0.3) is 0 Å². The second-order valence-corrected chi connectivity index (χ2v) is 15.6. The molecule has 0 spiro atoms. The van der Waals surface area contributed by atoms with Gasteiger partial charge in [0.2, 0.25) is 0 Å². The van der Waals surface area contributed by atoms with Gasteiger partial charge in [0.05, 0.1) is 25.9 Å². The highest BCUT2D eigenvalue weighted by Crippen LogP contribution is 2.43. The predicted molar refractivity (Wildman–Crippen MR) is 243 cm³/mol. The van der Waals surface area contributed by atoms with Crippen LogP contribution in [0.1, 0.15) is 136 Å². The molecule has 0 heterocycles. The van der Waals surface area contributed by atoms with E-state index in [1.165, 1.54) is 19.3 Å². The van der Waals surface area contributed by atoms with E-state index in [0.29, 0.717) is 19.3 Å². The van der Waals surface area contributed by atoms with Gasteiger partial charge in [-0.3, -0.25) is 18.6 Å². The first kappa shape index (κ1) is 56.6. The molecule has 60 heavy (non-hydrogen) atoms. The number of hydrogen-bond acceptors (Lipinski definition) is 10. The Bertz CT molecular complexity index is 1380. The average Bonchev–Trinajstić information content (AvgIpc) is 3.23. The van der Waals surface area contributed by atoms with Crippen molar-refractivity contribution in [3.8, 4) is 0 Å². The molecule has 0 aliphatic heterocycles. The molecule has 1 unspecified atom stereocenters. The number of carbonyl (C=O) groups excluding carboxylic acids is 2. The van der Waals surface area contributed by atoms with Crippen molar-refractivity contribution < 1.29 is 52.9 Å². The molecule has 4 atom stereocenters. The van der Waals surface area contributed by atoms with E-state index in [4.69, 9.17) is 19.1 Å². The van der Waals surface area contributed by atoms with E-state index in [-0.39, 0.29) is 12.8 Å². The summed E-state index contributed by atoms with van der Waals surface area (Å²) in [4.78, 5) is 35.0. The monoisotopic (exact) mass is 861 g/mol. The molecule has 340 valence electrons. The number of ether oxygens (including phenoxy) is 2. The zero-order valence-electron chi connectivity index (χ0n) is 36.5. The lowest BCUT2D eigenvalue weighted by Gasteiger charge is -2.20. The smallest absolute Gasteiger partial charge is 0.462 e. The summed E-state index contributed by atoms with van der Waals surface area (Å²) < 4.78 is 32.5. The standard InChI is InChI=1S/C48H77O11P/c1-3-5-7-9-11-13-15-17-18-19-20-21-22-24-26-28-30-32-34-38-48(53)59-46(43-58-60(54,55)57-41-45(51)40-49)42-56-47(52)39-35-37-44(50)36-33-31-29-27-25-23-16-14-12-10-8-6-4-2/h5,7,11-14,17-18,20-21,23-26,29,31,33,36,44-46,49-51H,3-4,6,8-10,15-16,19,22,27-28,30,32,34-35,37-43H2,1-2H3,(H,54,55)/b7-5-,13-11-,14-12-,18-17-,21-20-,25-23-,26-24-,31-29-,36-33+/t44-,45+,46-/m1/s1. The van der Waals surface area contributed by atoms with Gasteiger partial charge in [0.1, 0.15) is 12.7 Å². The molecule has 0 aliphatic carbocycles. The van der Waals surface area contributed by atoms with Crippen LogP contribution >= 0.6 is 7.82 Å². The second-order valence-electron chi connectivity index (χ2n) is 14.2. The van der Waals surface area contributed by atoms with Crippen LogP contribution < -0.4 is 0 Å². The van der Waals surface area contributed by atoms with Crippen molar-refractivity contribution in [1.82, 2.24) is 0 Å². The van der Waals surface area contributed by atoms with Gasteiger partial charge in [-0.25, -0.2) is 4.57 Å². The minimum absolute atomic E-state index is 0.00134. The molecule has 0 aromatic rings. The molecule has 11 nitrogen and oxygen atoms in total. The largest absolute Gasteiger partial charge is 0.472 e. The lowest BCUT2D eigenvalue weighted by atomic mass is 10.1. The molecular formula is C48H77O11P. The van der Waals surface area contributed by atoms with Crippen molar-refractivity contribution in [1.29, 1.82) is 0 Å². The number of aliphatic hydroxyl groups excluding tert-OH is 3. The van der Waals surface area contributed by atoms with Crippen LogP contribution in [0.2, 0.25) is 0 Å². The molecule has 0 radical (unpaired) electrons. The van der Waals surface area contributed by atoms with Crippen LogP contribution in [0.3, 0.4) is 0 Å². The lowest BCUT2D eigenvalue weighted by Crippen LogP contribution is -2.30. The SMILES string of the molecule is CC/C=C\C/C=C\C/C=C\C/C=C\C/C=C\CCCCCC(=O)O[C@H](COC(=O)CCC[C@H](O)/C=C/C=C\C/C=C\C/C=C\CCCCC)COP(=O)(O)OC[C@@H](O)CO. The first-order chi connectivity index (χ1) is 29.1. The number of unbranched alkanes of at least 4 members (excludes halogenated alkanes) is 6. The zero-order valence-corrected chi connectivity index (χ0v) is 37.4. The molecule has 0 aromatic carbocycles. The minimum atomic E-state index is -4.68. The van der Waals surface area contributed by atoms with Crippen LogP contribution in [0.15, 0.2) is 109 Å². The number of phosphoric ester groups is 1. The fourth-order valence-corrected chi connectivity index (χ4v) is 5.91. The molecule has 0 fully saturated rings. The summed E-state index contributed by atoms with van der Waals surface area (Å²) in [6.07, 6.45) is 49.4. The van der Waals surface area contributed by atoms with Crippen LogP contribution in [0.4, 0.5) is 0 Å². The van der Waals surface area contributed by atoms with E-state index in [9.17, 15) is 29.3 Å². The highest BCUT2D eigenvalue weighted by Gasteiger charge is 2.27. The van der Waals surface area contributed by atoms with E-state index in [1.807, 2.05) is 12.2 Å². The van der Waals surface area contributed by atoms with Crippen molar-refractivity contribution in [2.75, 3.05) is 26.4 Å². The van der Waals surface area contributed by atoms with Crippen LogP contribution in [-0.4, -0.2) is 76.9 Å². The molecular weight excluding hydrogens is 783 g/mol. The van der Waals surface area contributed by atoms with Gasteiger partial charge in [-0.1, -0.05) is 142 Å². The van der Waals surface area contributed by atoms with Crippen molar-refractivity contribution in [2.24, 2.45) is 0 Å². The Kier molecular flexibility index (Phi) is 39.9. The van der Waals surface area contributed by atoms with Gasteiger partial charge in [-0.15, -0.1) is 0 Å². The first-order valence-electron chi connectivity index (χ1n) is 22.0. The summed E-state index contributed by atoms with van der Waals surface area (Å²) in [7, 11) is -4.68. The van der Waals surface area contributed by atoms with Crippen molar-refractivity contribution in [3.05, 3.63) is 109 Å². The fraction of sp³-hybridized carbons (Fsp3) is 0.583. The van der Waals surface area contributed by atoms with E-state index < -0.39 is 64.5 Å². The molecule has 0 aromatic heterocycles. The summed E-state index contributed by atoms with van der Waals surface area (Å²) in [6, 6.07) is 0. The molecule has 0 rings (SSSR count). The summed E-state index contributed by atoms with van der Waals surface area (Å²) >= 11 is 0. The Labute approximate surface area is 361 Å². The lowest BCUT2D eigenvalue weighted by molar-refractivity contribution is -0.161. The summed E-state index contributed by atoms with van der Waals surface area (Å²) in [6.45, 7) is 1.95. The number of rotatable bonds is 39. The maximum atomic E-state index is 12.6. The summed E-state index contributed by atoms with van der Waals surface area (Å²) in [5.41, 5.74) is 0. The van der Waals surface area contributed by atoms with E-state index >= 15 is 0 Å². The van der Waals surface area contributed by atoms with Gasteiger partial charge >= 0.3 is 19.8 Å². The third-order valence-corrected chi connectivity index (χ3v) is 9.47. The van der Waals surface area contributed by atoms with Gasteiger partial charge in [-0.2, -0.15) is 0 Å². The second kappa shape index (κ2) is 42.3. The molecule has 0 saturated heterocycles. The number of allylic oxidation sites excluding steroid dienone is 17. The maximum absolute atomic E-state index is 12.6. The highest BCUT2D eigenvalue weighted by molar-refractivity contribution is 7.47. The van der Waals surface area contributed by atoms with Crippen molar-refractivity contribution in [3.63, 3.8) is 0 Å². The first-order valence-corrected chi connectivity index (χ1v) is 23.4. The molecule has 4 N–H and O–H groups in total. The van der Waals surface area contributed by atoms with E-state index in [0.717, 1.165) is 70.6 Å². The van der Waals surface area contributed by atoms with Crippen LogP contribution in [0, 0.1) is 0 Å². The molecule has 0 aliphatic rings. The fourth-order valence-electron chi connectivity index (χ4n) is 5.12. The van der Waals surface area contributed by atoms with Crippen LogP contribution in [-0.2, 0) is 32.7 Å². The van der Waals surface area contributed by atoms with Gasteiger partial charge in [0, 0.05) is 12.8 Å². The molecule has 0 saturated carbocycles. The Morgan fingerprint density at radius 3 is 1.67 bits per heavy atom. The predicted octanol–water partition coefficient (Wildman–Crippen LogP) is 10.7. The Morgan fingerprint density at radius 2 is 1.10 bits per heavy atom. The number of aliphatic hydroxyl groups is 3. The number of esters is 2. The highest BCUT2D eigenvalue weighted by atomic mass is 31.2. The summed E-state index contributed by atoms with van der Waals surface area (Å²) in [5.74, 6) is -1.18. The molecule has 0 bridgehead atoms. The topological polar surface area (TPSA) is 169 Å². The zero-order chi connectivity index (χ0) is 44.2. The quantitative estimate of drug-likeness (QED) is 0.0153. The third-order valence-electron chi connectivity index (χ3n) is 8.52. The van der Waals surface area contributed by atoms with Crippen molar-refractivity contribution >= 4 is 19.8 Å². The average molecular weight is 861 g/mol. The minimum Gasteiger partial charge on any atom is -0.462 e. The number of phosphoric acid groups is 1.